The van der Waals surface area contributed by atoms with Gasteiger partial charge in [-0.1, -0.05) is 17.3 Å². The van der Waals surface area contributed by atoms with Crippen LogP contribution in [0.5, 0.6) is 0 Å². The molecule has 3 rings (SSSR count). The number of para-hydroxylation sites is 1. The van der Waals surface area contributed by atoms with Crippen LogP contribution in [-0.4, -0.2) is 43.1 Å². The molecule has 1 aromatic carbocycles. The van der Waals surface area contributed by atoms with Gasteiger partial charge in [-0.25, -0.2) is 0 Å². The van der Waals surface area contributed by atoms with Crippen LogP contribution in [0, 0.1) is 0 Å². The largest absolute Gasteiger partial charge is 0.409 e. The molecule has 0 aliphatic carbocycles. The number of aromatic nitrogens is 5. The summed E-state index contributed by atoms with van der Waals surface area (Å²) < 4.78 is 1.55. The Kier molecular flexibility index (Phi) is 3.07. The first kappa shape index (κ1) is 12.8. The van der Waals surface area contributed by atoms with Crippen LogP contribution < -0.4 is 10.6 Å². The van der Waals surface area contributed by atoms with Gasteiger partial charge in [-0.05, 0) is 22.6 Å². The van der Waals surface area contributed by atoms with Gasteiger partial charge < -0.3 is 15.8 Å². The van der Waals surface area contributed by atoms with Gasteiger partial charge in [0.15, 0.2) is 17.3 Å². The molecule has 9 nitrogen and oxygen atoms in total. The van der Waals surface area contributed by atoms with E-state index in [-0.39, 0.29) is 5.84 Å². The molecule has 0 aliphatic heterocycles. The molecular formula is C12H12N8O. The highest BCUT2D eigenvalue weighted by Gasteiger charge is 2.15. The highest BCUT2D eigenvalue weighted by molar-refractivity contribution is 6.02. The van der Waals surface area contributed by atoms with E-state index >= 15 is 0 Å². The van der Waals surface area contributed by atoms with Gasteiger partial charge in [0.05, 0.1) is 18.1 Å². The highest BCUT2D eigenvalue weighted by Crippen LogP contribution is 2.26. The minimum atomic E-state index is 0.0225. The molecule has 2 aromatic heterocycles. The van der Waals surface area contributed by atoms with Gasteiger partial charge in [0.2, 0.25) is 0 Å². The Morgan fingerprint density at radius 2 is 2.14 bits per heavy atom. The molecule has 0 bridgehead atoms. The molecule has 0 atom stereocenters. The number of hydrogen-bond donors (Lipinski definition) is 2. The van der Waals surface area contributed by atoms with E-state index in [9.17, 15) is 0 Å². The van der Waals surface area contributed by atoms with Crippen LogP contribution in [0.4, 0.5) is 11.5 Å². The van der Waals surface area contributed by atoms with Crippen LogP contribution in [0.25, 0.3) is 5.65 Å². The van der Waals surface area contributed by atoms with Crippen molar-refractivity contribution in [2.75, 3.05) is 11.9 Å². The average molecular weight is 284 g/mol. The normalized spacial score (nSPS) is 11.8. The third-order valence-electron chi connectivity index (χ3n) is 3.08. The van der Waals surface area contributed by atoms with Crippen LogP contribution in [-0.2, 0) is 0 Å². The summed E-state index contributed by atoms with van der Waals surface area (Å²) in [5, 5.41) is 23.3. The maximum Gasteiger partial charge on any atom is 0.199 e. The molecule has 21 heavy (non-hydrogen) atoms. The number of hydrogen-bond acceptors (Lipinski definition) is 7. The fourth-order valence-electron chi connectivity index (χ4n) is 2.05. The third-order valence-corrected chi connectivity index (χ3v) is 3.08. The summed E-state index contributed by atoms with van der Waals surface area (Å²) in [6.45, 7) is 0. The zero-order chi connectivity index (χ0) is 14.8. The first-order valence-corrected chi connectivity index (χ1v) is 6.05. The lowest BCUT2D eigenvalue weighted by molar-refractivity contribution is 0.318. The summed E-state index contributed by atoms with van der Waals surface area (Å²) in [4.78, 5) is 5.92. The molecule has 0 spiro atoms. The molecular weight excluding hydrogens is 272 g/mol. The zero-order valence-corrected chi connectivity index (χ0v) is 11.1. The Morgan fingerprint density at radius 3 is 2.95 bits per heavy atom. The summed E-state index contributed by atoms with van der Waals surface area (Å²) >= 11 is 0. The van der Waals surface area contributed by atoms with E-state index in [4.69, 9.17) is 10.9 Å². The molecule has 3 aromatic rings. The number of tetrazole rings is 1. The van der Waals surface area contributed by atoms with E-state index in [0.717, 1.165) is 5.69 Å². The lowest BCUT2D eigenvalue weighted by Crippen LogP contribution is -2.21. The zero-order valence-electron chi connectivity index (χ0n) is 11.1. The predicted molar refractivity (Wildman–Crippen MR) is 75.6 cm³/mol. The van der Waals surface area contributed by atoms with Crippen molar-refractivity contribution in [3.05, 3.63) is 42.2 Å². The van der Waals surface area contributed by atoms with Gasteiger partial charge in [0.1, 0.15) is 0 Å². The summed E-state index contributed by atoms with van der Waals surface area (Å²) in [5.74, 6) is 0.671. The van der Waals surface area contributed by atoms with Gasteiger partial charge in [-0.15, -0.1) is 5.10 Å². The Morgan fingerprint density at radius 1 is 1.33 bits per heavy atom. The van der Waals surface area contributed by atoms with Crippen LogP contribution in [0.3, 0.4) is 0 Å². The molecule has 2 heterocycles. The van der Waals surface area contributed by atoms with Gasteiger partial charge >= 0.3 is 0 Å². The standard InChI is InChI=1S/C12H12N8O/c1-19(9-5-3-2-4-8(9)12(13)16-21)11-7-14-6-10-15-17-18-20(10)11/h2-7,21H,1H3,(H2,13,16). The lowest BCUT2D eigenvalue weighted by atomic mass is 10.1. The van der Waals surface area contributed by atoms with Gasteiger partial charge in [-0.2, -0.15) is 4.52 Å². The smallest absolute Gasteiger partial charge is 0.199 e. The van der Waals surface area contributed by atoms with Gasteiger partial charge in [0.25, 0.3) is 0 Å². The highest BCUT2D eigenvalue weighted by atomic mass is 16.4. The van der Waals surface area contributed by atoms with Gasteiger partial charge in [-0.3, -0.25) is 4.98 Å². The Balaban J connectivity index is 2.15. The number of benzene rings is 1. The maximum atomic E-state index is 8.90. The fraction of sp³-hybridized carbons (Fsp3) is 0.0833. The van der Waals surface area contributed by atoms with E-state index in [1.54, 1.807) is 29.0 Å². The number of rotatable bonds is 3. The van der Waals surface area contributed by atoms with Crippen molar-refractivity contribution < 1.29 is 5.21 Å². The quantitative estimate of drug-likeness (QED) is 0.309. The number of fused-ring (bicyclic) bond motifs is 1. The second kappa shape index (κ2) is 5.04. The van der Waals surface area contributed by atoms with Crippen molar-refractivity contribution in [3.8, 4) is 0 Å². The first-order chi connectivity index (χ1) is 10.2. The van der Waals surface area contributed by atoms with Crippen LogP contribution in [0.1, 0.15) is 5.56 Å². The van der Waals surface area contributed by atoms with Crippen molar-refractivity contribution in [3.63, 3.8) is 0 Å². The van der Waals surface area contributed by atoms with Gasteiger partial charge in [0, 0.05) is 12.6 Å². The van der Waals surface area contributed by atoms with E-state index in [1.807, 2.05) is 24.1 Å². The molecule has 9 heteroatoms. The van der Waals surface area contributed by atoms with Crippen molar-refractivity contribution in [2.24, 2.45) is 10.9 Å². The summed E-state index contributed by atoms with van der Waals surface area (Å²) in [7, 11) is 1.82. The fourth-order valence-corrected chi connectivity index (χ4v) is 2.05. The number of anilines is 2. The van der Waals surface area contributed by atoms with Crippen LogP contribution in [0.15, 0.2) is 41.8 Å². The molecule has 3 N–H and O–H groups in total. The molecule has 0 amide bonds. The van der Waals surface area contributed by atoms with Crippen molar-refractivity contribution in [2.45, 2.75) is 0 Å². The Labute approximate surface area is 119 Å². The molecule has 0 radical (unpaired) electrons. The molecule has 0 fully saturated rings. The van der Waals surface area contributed by atoms with E-state index in [2.05, 4.69) is 25.7 Å². The number of amidine groups is 1. The topological polar surface area (TPSA) is 118 Å². The summed E-state index contributed by atoms with van der Waals surface area (Å²) in [5.41, 5.74) is 7.57. The first-order valence-electron chi connectivity index (χ1n) is 6.05. The van der Waals surface area contributed by atoms with Crippen molar-refractivity contribution in [1.82, 2.24) is 25.0 Å². The summed E-state index contributed by atoms with van der Waals surface area (Å²) in [6.07, 6.45) is 3.19. The second-order valence-corrected chi connectivity index (χ2v) is 4.28. The Hall–Kier alpha value is -3.23. The Bertz CT molecular complexity index is 812. The van der Waals surface area contributed by atoms with E-state index in [0.29, 0.717) is 17.0 Å². The van der Waals surface area contributed by atoms with Crippen molar-refractivity contribution >= 4 is 23.0 Å². The monoisotopic (exact) mass is 284 g/mol. The molecule has 106 valence electrons. The number of oxime groups is 1. The SMILES string of the molecule is CN(c1ccccc1/C(N)=N/O)c1cncc2nnnn12. The van der Waals surface area contributed by atoms with E-state index in [1.165, 1.54) is 0 Å². The number of nitrogens with zero attached hydrogens (tertiary/aromatic N) is 7. The molecule has 0 saturated carbocycles. The van der Waals surface area contributed by atoms with E-state index < -0.39 is 0 Å². The summed E-state index contributed by atoms with van der Waals surface area (Å²) in [6, 6.07) is 7.26. The second-order valence-electron chi connectivity index (χ2n) is 4.28. The third kappa shape index (κ3) is 2.10. The lowest BCUT2D eigenvalue weighted by Gasteiger charge is -2.21. The van der Waals surface area contributed by atoms with Crippen LogP contribution in [0.2, 0.25) is 0 Å². The van der Waals surface area contributed by atoms with Crippen molar-refractivity contribution in [1.29, 1.82) is 0 Å². The minimum Gasteiger partial charge on any atom is -0.409 e. The average Bonchev–Trinajstić information content (AvgIpc) is 3.02. The molecule has 0 unspecified atom stereocenters. The molecule has 0 saturated heterocycles. The van der Waals surface area contributed by atoms with Crippen LogP contribution >= 0.6 is 0 Å². The number of nitrogens with two attached hydrogens (primary N) is 1. The molecule has 0 aliphatic rings. The minimum absolute atomic E-state index is 0.0225. The predicted octanol–water partition coefficient (Wildman–Crippen LogP) is 0.382. The maximum absolute atomic E-state index is 8.90.